The van der Waals surface area contributed by atoms with Crippen LogP contribution in [0.3, 0.4) is 0 Å². The topological polar surface area (TPSA) is 80.3 Å². The Hall–Kier alpha value is -3.10. The van der Waals surface area contributed by atoms with Crippen LogP contribution in [0.4, 0.5) is 19.0 Å². The molecular weight excluding hydrogens is 375 g/mol. The fraction of sp³-hybridized carbons (Fsp3) is 0.316. The van der Waals surface area contributed by atoms with Gasteiger partial charge in [0.05, 0.1) is 6.61 Å². The summed E-state index contributed by atoms with van der Waals surface area (Å²) in [5.74, 6) is -3.02. The van der Waals surface area contributed by atoms with E-state index in [4.69, 9.17) is 0 Å². The summed E-state index contributed by atoms with van der Waals surface area (Å²) in [6.45, 7) is 4.33. The Balaban J connectivity index is 2.52. The number of aromatic nitrogens is 1. The second-order valence-corrected chi connectivity index (χ2v) is 6.08. The fourth-order valence-electron chi connectivity index (χ4n) is 2.46. The van der Waals surface area contributed by atoms with E-state index in [-0.39, 0.29) is 18.0 Å². The molecule has 1 aromatic heterocycles. The van der Waals surface area contributed by atoms with E-state index in [1.807, 2.05) is 5.32 Å². The molecule has 2 N–H and O–H groups in total. The highest BCUT2D eigenvalue weighted by Crippen LogP contribution is 2.33. The van der Waals surface area contributed by atoms with E-state index >= 15 is 0 Å². The van der Waals surface area contributed by atoms with Crippen LogP contribution in [0.25, 0.3) is 0 Å². The van der Waals surface area contributed by atoms with E-state index < -0.39 is 23.7 Å². The molecule has 1 atom stereocenters. The summed E-state index contributed by atoms with van der Waals surface area (Å²) in [4.78, 5) is 28.9. The largest absolute Gasteiger partial charge is 0.463 e. The van der Waals surface area contributed by atoms with Crippen LogP contribution in [0.2, 0.25) is 0 Å². The van der Waals surface area contributed by atoms with Gasteiger partial charge < -0.3 is 15.4 Å². The molecule has 9 heteroatoms. The highest BCUT2D eigenvalue weighted by molar-refractivity contribution is 5.99. The molecule has 1 heterocycles. The van der Waals surface area contributed by atoms with Crippen molar-refractivity contribution in [1.29, 1.82) is 0 Å². The summed E-state index contributed by atoms with van der Waals surface area (Å²) in [5, 5.41) is 3.81. The third-order valence-corrected chi connectivity index (χ3v) is 3.79. The lowest BCUT2D eigenvalue weighted by Gasteiger charge is -2.35. The van der Waals surface area contributed by atoms with E-state index in [1.54, 1.807) is 31.3 Å². The number of nitrogens with one attached hydrogen (secondary N) is 2. The van der Waals surface area contributed by atoms with E-state index in [9.17, 15) is 22.8 Å². The van der Waals surface area contributed by atoms with Crippen LogP contribution < -0.4 is 10.6 Å². The molecule has 0 unspecified atom stereocenters. The molecule has 0 bridgehead atoms. The number of pyridine rings is 1. The molecule has 0 saturated carbocycles. The zero-order valence-electron chi connectivity index (χ0n) is 15.6. The Kier molecular flexibility index (Phi) is 6.27. The predicted molar refractivity (Wildman–Crippen MR) is 96.7 cm³/mol. The summed E-state index contributed by atoms with van der Waals surface area (Å²) in [6, 6.07) is 10.3. The van der Waals surface area contributed by atoms with Crippen molar-refractivity contribution in [3.8, 4) is 0 Å². The van der Waals surface area contributed by atoms with Gasteiger partial charge in [-0.15, -0.1) is 0 Å². The molecule has 1 aromatic carbocycles. The number of esters is 1. The standard InChI is InChI=1S/C19H20F3N3O3/c1-4-28-17(27)18(19(20,21)22,24-15-10-6-8-13(3)23-15)25-16(26)14-9-5-7-12(2)11-14/h5-11H,4H2,1-3H3,(H,23,24)(H,25,26)/t18-/m0/s1. The van der Waals surface area contributed by atoms with Gasteiger partial charge in [0.25, 0.3) is 5.91 Å². The Morgan fingerprint density at radius 2 is 1.79 bits per heavy atom. The third-order valence-electron chi connectivity index (χ3n) is 3.79. The van der Waals surface area contributed by atoms with Gasteiger partial charge in [0.1, 0.15) is 5.82 Å². The van der Waals surface area contributed by atoms with Gasteiger partial charge in [-0.05, 0) is 45.0 Å². The third kappa shape index (κ3) is 4.59. The van der Waals surface area contributed by atoms with Gasteiger partial charge in [0.15, 0.2) is 0 Å². The van der Waals surface area contributed by atoms with E-state index in [2.05, 4.69) is 9.72 Å². The predicted octanol–water partition coefficient (Wildman–Crippen LogP) is 3.36. The quantitative estimate of drug-likeness (QED) is 0.579. The van der Waals surface area contributed by atoms with Gasteiger partial charge in [-0.25, -0.2) is 9.78 Å². The Morgan fingerprint density at radius 1 is 1.11 bits per heavy atom. The number of ether oxygens (including phenoxy) is 1. The number of hydrogen-bond acceptors (Lipinski definition) is 5. The maximum Gasteiger partial charge on any atom is 0.441 e. The average Bonchev–Trinajstić information content (AvgIpc) is 2.60. The molecule has 150 valence electrons. The number of carbonyl (C=O) groups excluding carboxylic acids is 2. The second kappa shape index (κ2) is 8.28. The van der Waals surface area contributed by atoms with Crippen LogP contribution in [-0.4, -0.2) is 35.3 Å². The highest BCUT2D eigenvalue weighted by atomic mass is 19.4. The lowest BCUT2D eigenvalue weighted by Crippen LogP contribution is -2.69. The number of rotatable bonds is 6. The Morgan fingerprint density at radius 3 is 2.36 bits per heavy atom. The normalized spacial score (nSPS) is 13.4. The van der Waals surface area contributed by atoms with Crippen molar-refractivity contribution in [2.75, 3.05) is 11.9 Å². The van der Waals surface area contributed by atoms with Crippen LogP contribution in [0.5, 0.6) is 0 Å². The molecule has 0 radical (unpaired) electrons. The molecule has 0 spiro atoms. The minimum Gasteiger partial charge on any atom is -0.463 e. The first-order valence-electron chi connectivity index (χ1n) is 8.44. The number of anilines is 1. The monoisotopic (exact) mass is 395 g/mol. The van der Waals surface area contributed by atoms with Crippen molar-refractivity contribution in [3.63, 3.8) is 0 Å². The van der Waals surface area contributed by atoms with Crippen LogP contribution in [0, 0.1) is 13.8 Å². The minimum atomic E-state index is -5.22. The van der Waals surface area contributed by atoms with Gasteiger partial charge in [0.2, 0.25) is 0 Å². The van der Waals surface area contributed by atoms with Gasteiger partial charge >= 0.3 is 17.8 Å². The Bertz CT molecular complexity index is 871. The molecule has 0 aliphatic rings. The first-order valence-corrected chi connectivity index (χ1v) is 8.44. The molecule has 0 aliphatic carbocycles. The number of halogens is 3. The first-order chi connectivity index (χ1) is 13.1. The zero-order valence-corrected chi connectivity index (χ0v) is 15.6. The number of alkyl halides is 3. The lowest BCUT2D eigenvalue weighted by atomic mass is 10.1. The summed E-state index contributed by atoms with van der Waals surface area (Å²) < 4.78 is 46.9. The fourth-order valence-corrected chi connectivity index (χ4v) is 2.46. The minimum absolute atomic E-state index is 0.0306. The summed E-state index contributed by atoms with van der Waals surface area (Å²) in [7, 11) is 0. The number of nitrogens with zero attached hydrogens (tertiary/aromatic N) is 1. The van der Waals surface area contributed by atoms with E-state index in [0.29, 0.717) is 11.3 Å². The lowest BCUT2D eigenvalue weighted by molar-refractivity contribution is -0.204. The van der Waals surface area contributed by atoms with Crippen molar-refractivity contribution in [3.05, 3.63) is 59.3 Å². The van der Waals surface area contributed by atoms with Gasteiger partial charge in [-0.3, -0.25) is 4.79 Å². The maximum absolute atomic E-state index is 14.1. The molecule has 2 aromatic rings. The van der Waals surface area contributed by atoms with Crippen LogP contribution in [0.15, 0.2) is 42.5 Å². The van der Waals surface area contributed by atoms with Crippen molar-refractivity contribution in [2.24, 2.45) is 0 Å². The number of benzene rings is 1. The number of aryl methyl sites for hydroxylation is 2. The van der Waals surface area contributed by atoms with E-state index in [0.717, 1.165) is 0 Å². The molecule has 28 heavy (non-hydrogen) atoms. The molecule has 6 nitrogen and oxygen atoms in total. The first kappa shape index (κ1) is 21.2. The molecule has 1 amide bonds. The van der Waals surface area contributed by atoms with Crippen LogP contribution in [0.1, 0.15) is 28.5 Å². The molecule has 0 fully saturated rings. The number of carbonyl (C=O) groups is 2. The van der Waals surface area contributed by atoms with E-state index in [1.165, 1.54) is 37.3 Å². The summed E-state index contributed by atoms with van der Waals surface area (Å²) in [5.41, 5.74) is -2.44. The highest BCUT2D eigenvalue weighted by Gasteiger charge is 2.64. The number of hydrogen-bond donors (Lipinski definition) is 2. The molecular formula is C19H20F3N3O3. The maximum atomic E-state index is 14.1. The Labute approximate surface area is 160 Å². The van der Waals surface area contributed by atoms with Crippen LogP contribution in [-0.2, 0) is 9.53 Å². The zero-order chi connectivity index (χ0) is 20.9. The molecule has 0 saturated heterocycles. The SMILES string of the molecule is CCOC(=O)[C@@](NC(=O)c1cccc(C)c1)(Nc1cccc(C)n1)C(F)(F)F. The average molecular weight is 395 g/mol. The van der Waals surface area contributed by atoms with Gasteiger partial charge in [-0.1, -0.05) is 23.8 Å². The van der Waals surface area contributed by atoms with Crippen molar-refractivity contribution in [1.82, 2.24) is 10.3 Å². The molecule has 2 rings (SSSR count). The molecule has 0 aliphatic heterocycles. The van der Waals surface area contributed by atoms with Crippen molar-refractivity contribution < 1.29 is 27.5 Å². The van der Waals surface area contributed by atoms with Crippen molar-refractivity contribution in [2.45, 2.75) is 32.6 Å². The van der Waals surface area contributed by atoms with Crippen molar-refractivity contribution >= 4 is 17.7 Å². The second-order valence-electron chi connectivity index (χ2n) is 6.08. The summed E-state index contributed by atoms with van der Waals surface area (Å²) in [6.07, 6.45) is -5.22. The van der Waals surface area contributed by atoms with Gasteiger partial charge in [-0.2, -0.15) is 13.2 Å². The van der Waals surface area contributed by atoms with Crippen LogP contribution >= 0.6 is 0 Å². The number of amides is 1. The summed E-state index contributed by atoms with van der Waals surface area (Å²) >= 11 is 0. The smallest absolute Gasteiger partial charge is 0.441 e. The van der Waals surface area contributed by atoms with Gasteiger partial charge in [0, 0.05) is 11.3 Å².